The van der Waals surface area contributed by atoms with Crippen LogP contribution in [0.1, 0.15) is 31.1 Å². The molecule has 2 aromatic rings. The Kier molecular flexibility index (Phi) is 5.62. The van der Waals surface area contributed by atoms with Gasteiger partial charge in [-0.2, -0.15) is 0 Å². The normalized spacial score (nSPS) is 12.7. The number of hydrogen-bond acceptors (Lipinski definition) is 3. The Morgan fingerprint density at radius 3 is 2.04 bits per heavy atom. The van der Waals surface area contributed by atoms with Crippen molar-refractivity contribution in [1.29, 1.82) is 0 Å². The van der Waals surface area contributed by atoms with E-state index in [1.807, 2.05) is 20.8 Å². The minimum Gasteiger partial charge on any atom is -0.349 e. The summed E-state index contributed by atoms with van der Waals surface area (Å²) in [5, 5.41) is 2.91. The van der Waals surface area contributed by atoms with Gasteiger partial charge in [-0.25, -0.2) is 8.42 Å². The predicted octanol–water partition coefficient (Wildman–Crippen LogP) is 3.26. The maximum absolute atomic E-state index is 12.3. The van der Waals surface area contributed by atoms with Crippen LogP contribution in [0.2, 0.25) is 0 Å². The number of carbonyl (C=O) groups excluding carboxylic acids is 1. The molecule has 0 aliphatic carbocycles. The van der Waals surface area contributed by atoms with Crippen molar-refractivity contribution in [3.63, 3.8) is 0 Å². The smallest absolute Gasteiger partial charge is 0.261 e. The van der Waals surface area contributed by atoms with Crippen LogP contribution in [-0.4, -0.2) is 20.4 Å². The Morgan fingerprint density at radius 1 is 0.917 bits per heavy atom. The van der Waals surface area contributed by atoms with E-state index in [0.717, 1.165) is 0 Å². The summed E-state index contributed by atoms with van der Waals surface area (Å²) in [6.45, 7) is 6.02. The lowest BCUT2D eigenvalue weighted by Crippen LogP contribution is -2.36. The van der Waals surface area contributed by atoms with Crippen LogP contribution >= 0.6 is 0 Å². The zero-order chi connectivity index (χ0) is 17.7. The molecule has 1 atom stereocenters. The highest BCUT2D eigenvalue weighted by Gasteiger charge is 2.15. The molecule has 6 heteroatoms. The zero-order valence-electron chi connectivity index (χ0n) is 14.0. The molecule has 0 saturated carbocycles. The number of hydrogen-bond donors (Lipinski definition) is 2. The number of amides is 1. The number of nitrogens with one attached hydrogen (secondary N) is 2. The van der Waals surface area contributed by atoms with E-state index in [2.05, 4.69) is 10.0 Å². The summed E-state index contributed by atoms with van der Waals surface area (Å²) in [5.41, 5.74) is 0.900. The highest BCUT2D eigenvalue weighted by Crippen LogP contribution is 2.16. The molecule has 0 heterocycles. The fourth-order valence-corrected chi connectivity index (χ4v) is 3.04. The average molecular weight is 346 g/mol. The van der Waals surface area contributed by atoms with E-state index < -0.39 is 10.0 Å². The standard InChI is InChI=1S/C18H22N2O3S/c1-13(2)14(3)19-18(21)15-9-11-16(12-10-15)20-24(22,23)17-7-5-4-6-8-17/h4-14,20H,1-3H3,(H,19,21)/t14-/m0/s1. The van der Waals surface area contributed by atoms with E-state index in [1.54, 1.807) is 42.5 Å². The third-order valence-corrected chi connectivity index (χ3v) is 5.21. The van der Waals surface area contributed by atoms with Gasteiger partial charge in [0.05, 0.1) is 4.90 Å². The van der Waals surface area contributed by atoms with E-state index in [9.17, 15) is 13.2 Å². The molecule has 0 spiro atoms. The van der Waals surface area contributed by atoms with Gasteiger partial charge in [-0.1, -0.05) is 32.0 Å². The number of benzene rings is 2. The van der Waals surface area contributed by atoms with Crippen molar-refractivity contribution in [2.45, 2.75) is 31.7 Å². The number of anilines is 1. The summed E-state index contributed by atoms with van der Waals surface area (Å²) >= 11 is 0. The van der Waals surface area contributed by atoms with Crippen molar-refractivity contribution >= 4 is 21.6 Å². The second-order valence-electron chi connectivity index (χ2n) is 6.00. The lowest BCUT2D eigenvalue weighted by atomic mass is 10.1. The molecule has 128 valence electrons. The van der Waals surface area contributed by atoms with E-state index in [4.69, 9.17) is 0 Å². The molecule has 0 saturated heterocycles. The lowest BCUT2D eigenvalue weighted by Gasteiger charge is -2.17. The lowest BCUT2D eigenvalue weighted by molar-refractivity contribution is 0.0930. The molecule has 24 heavy (non-hydrogen) atoms. The molecule has 2 aromatic carbocycles. The van der Waals surface area contributed by atoms with Crippen LogP contribution in [0.25, 0.3) is 0 Å². The summed E-state index contributed by atoms with van der Waals surface area (Å²) in [6.07, 6.45) is 0. The van der Waals surface area contributed by atoms with Crippen LogP contribution < -0.4 is 10.0 Å². The molecule has 0 radical (unpaired) electrons. The van der Waals surface area contributed by atoms with Crippen LogP contribution in [0.15, 0.2) is 59.5 Å². The molecule has 0 aliphatic heterocycles. The third kappa shape index (κ3) is 4.58. The molecule has 2 N–H and O–H groups in total. The molecule has 2 rings (SSSR count). The van der Waals surface area contributed by atoms with Crippen molar-refractivity contribution in [1.82, 2.24) is 5.32 Å². The van der Waals surface area contributed by atoms with Gasteiger partial charge in [0.1, 0.15) is 0 Å². The highest BCUT2D eigenvalue weighted by molar-refractivity contribution is 7.92. The maximum atomic E-state index is 12.3. The van der Waals surface area contributed by atoms with Crippen molar-refractivity contribution in [3.05, 3.63) is 60.2 Å². The predicted molar refractivity (Wildman–Crippen MR) is 95.5 cm³/mol. The maximum Gasteiger partial charge on any atom is 0.261 e. The Hall–Kier alpha value is -2.34. The van der Waals surface area contributed by atoms with Crippen LogP contribution in [0.4, 0.5) is 5.69 Å². The molecule has 0 bridgehead atoms. The first kappa shape index (κ1) is 18.0. The van der Waals surface area contributed by atoms with Crippen LogP contribution in [0.5, 0.6) is 0 Å². The molecule has 1 amide bonds. The van der Waals surface area contributed by atoms with Crippen molar-refractivity contribution in [2.75, 3.05) is 4.72 Å². The zero-order valence-corrected chi connectivity index (χ0v) is 14.8. The molecule has 0 unspecified atom stereocenters. The summed E-state index contributed by atoms with van der Waals surface area (Å²) < 4.78 is 27.0. The molecule has 5 nitrogen and oxygen atoms in total. The Balaban J connectivity index is 2.09. The van der Waals surface area contributed by atoms with Gasteiger partial charge in [-0.3, -0.25) is 9.52 Å². The second-order valence-corrected chi connectivity index (χ2v) is 7.68. The fraction of sp³-hybridized carbons (Fsp3) is 0.278. The SMILES string of the molecule is CC(C)[C@H](C)NC(=O)c1ccc(NS(=O)(=O)c2ccccc2)cc1. The number of rotatable bonds is 6. The quantitative estimate of drug-likeness (QED) is 0.843. The first-order chi connectivity index (χ1) is 11.3. The third-order valence-electron chi connectivity index (χ3n) is 3.81. The van der Waals surface area contributed by atoms with E-state index >= 15 is 0 Å². The van der Waals surface area contributed by atoms with E-state index in [1.165, 1.54) is 12.1 Å². The minimum absolute atomic E-state index is 0.0637. The van der Waals surface area contributed by atoms with Crippen molar-refractivity contribution < 1.29 is 13.2 Å². The van der Waals surface area contributed by atoms with E-state index in [-0.39, 0.29) is 16.8 Å². The number of sulfonamides is 1. The topological polar surface area (TPSA) is 75.3 Å². The first-order valence-corrected chi connectivity index (χ1v) is 9.26. The molecule has 0 fully saturated rings. The first-order valence-electron chi connectivity index (χ1n) is 7.78. The van der Waals surface area contributed by atoms with Gasteiger partial charge >= 0.3 is 0 Å². The van der Waals surface area contributed by atoms with Gasteiger partial charge in [-0.15, -0.1) is 0 Å². The van der Waals surface area contributed by atoms with Gasteiger partial charge in [-0.05, 0) is 49.2 Å². The monoisotopic (exact) mass is 346 g/mol. The number of carbonyl (C=O) groups is 1. The summed E-state index contributed by atoms with van der Waals surface area (Å²) in [5.74, 6) is 0.166. The van der Waals surface area contributed by atoms with Gasteiger partial charge in [0.2, 0.25) is 0 Å². The summed E-state index contributed by atoms with van der Waals surface area (Å²) in [7, 11) is -3.63. The Labute approximate surface area is 143 Å². The second kappa shape index (κ2) is 7.49. The van der Waals surface area contributed by atoms with Gasteiger partial charge in [0.25, 0.3) is 15.9 Å². The largest absolute Gasteiger partial charge is 0.349 e. The molecule has 0 aromatic heterocycles. The molecular formula is C18H22N2O3S. The minimum atomic E-state index is -3.63. The van der Waals surface area contributed by atoms with Crippen LogP contribution in [-0.2, 0) is 10.0 Å². The molecular weight excluding hydrogens is 324 g/mol. The summed E-state index contributed by atoms with van der Waals surface area (Å²) in [4.78, 5) is 12.3. The van der Waals surface area contributed by atoms with Crippen LogP contribution in [0.3, 0.4) is 0 Å². The van der Waals surface area contributed by atoms with E-state index in [0.29, 0.717) is 17.2 Å². The van der Waals surface area contributed by atoms with Crippen molar-refractivity contribution in [3.8, 4) is 0 Å². The Bertz CT molecular complexity index is 785. The van der Waals surface area contributed by atoms with Crippen molar-refractivity contribution in [2.24, 2.45) is 5.92 Å². The van der Waals surface area contributed by atoms with Gasteiger partial charge < -0.3 is 5.32 Å². The molecule has 0 aliphatic rings. The summed E-state index contributed by atoms with van der Waals surface area (Å²) in [6, 6.07) is 14.6. The highest BCUT2D eigenvalue weighted by atomic mass is 32.2. The Morgan fingerprint density at radius 2 is 1.50 bits per heavy atom. The van der Waals surface area contributed by atoms with Gasteiger partial charge in [0, 0.05) is 17.3 Å². The van der Waals surface area contributed by atoms with Gasteiger partial charge in [0.15, 0.2) is 0 Å². The fourth-order valence-electron chi connectivity index (χ4n) is 1.96. The average Bonchev–Trinajstić information content (AvgIpc) is 2.55. The van der Waals surface area contributed by atoms with Crippen LogP contribution in [0, 0.1) is 5.92 Å².